The van der Waals surface area contributed by atoms with E-state index in [2.05, 4.69) is 10.1 Å². The summed E-state index contributed by atoms with van der Waals surface area (Å²) in [6, 6.07) is 1.76. The first-order valence-corrected chi connectivity index (χ1v) is 3.62. The van der Waals surface area contributed by atoms with Gasteiger partial charge in [0.05, 0.1) is 18.1 Å². The molecule has 0 aliphatic rings. The molecule has 2 nitrogen and oxygen atoms in total. The van der Waals surface area contributed by atoms with Crippen molar-refractivity contribution in [3.63, 3.8) is 0 Å². The fraction of sp³-hybridized carbons (Fsp3) is 0.286. The van der Waals surface area contributed by atoms with Crippen LogP contribution in [0.5, 0.6) is 0 Å². The number of hydrogen-bond donors (Lipinski definition) is 0. The second-order valence-electron chi connectivity index (χ2n) is 1.86. The van der Waals surface area contributed by atoms with E-state index >= 15 is 0 Å². The Labute approximate surface area is 63.4 Å². The molecule has 0 spiro atoms. The van der Waals surface area contributed by atoms with Crippen molar-refractivity contribution in [2.75, 3.05) is 7.11 Å². The van der Waals surface area contributed by atoms with Crippen molar-refractivity contribution >= 4 is 17.3 Å². The number of methoxy groups -OCH3 is 1. The lowest BCUT2D eigenvalue weighted by Crippen LogP contribution is -1.98. The van der Waals surface area contributed by atoms with Gasteiger partial charge in [0.2, 0.25) is 0 Å². The molecular formula is C7H7O2S. The zero-order chi connectivity index (χ0) is 7.56. The highest BCUT2D eigenvalue weighted by atomic mass is 32.1. The van der Waals surface area contributed by atoms with Crippen LogP contribution in [0.4, 0.5) is 0 Å². The van der Waals surface area contributed by atoms with E-state index in [4.69, 9.17) is 0 Å². The first kappa shape index (κ1) is 7.28. The normalized spacial score (nSPS) is 9.40. The van der Waals surface area contributed by atoms with E-state index < -0.39 is 0 Å². The number of esters is 1. The molecule has 0 atom stereocenters. The molecule has 10 heavy (non-hydrogen) atoms. The third-order valence-electron chi connectivity index (χ3n) is 1.07. The van der Waals surface area contributed by atoms with Gasteiger partial charge in [-0.3, -0.25) is 0 Å². The van der Waals surface area contributed by atoms with Crippen LogP contribution < -0.4 is 0 Å². The molecule has 1 aromatic heterocycles. The van der Waals surface area contributed by atoms with Crippen molar-refractivity contribution in [1.29, 1.82) is 0 Å². The molecule has 0 amide bonds. The summed E-state index contributed by atoms with van der Waals surface area (Å²) in [7, 11) is 1.36. The summed E-state index contributed by atoms with van der Waals surface area (Å²) in [6.07, 6.45) is 0. The minimum Gasteiger partial charge on any atom is -0.465 e. The topological polar surface area (TPSA) is 26.3 Å². The minimum absolute atomic E-state index is 0.315. The number of rotatable bonds is 1. The summed E-state index contributed by atoms with van der Waals surface area (Å²) in [4.78, 5) is 11.8. The van der Waals surface area contributed by atoms with Crippen molar-refractivity contribution in [2.45, 2.75) is 6.92 Å². The Bertz CT molecular complexity index is 240. The number of hydrogen-bond acceptors (Lipinski definition) is 3. The molecule has 1 radical (unpaired) electrons. The summed E-state index contributed by atoms with van der Waals surface area (Å²) >= 11 is 1.42. The van der Waals surface area contributed by atoms with Crippen LogP contribution in [0, 0.1) is 12.3 Å². The zero-order valence-electron chi connectivity index (χ0n) is 5.80. The zero-order valence-corrected chi connectivity index (χ0v) is 6.62. The molecule has 1 heterocycles. The number of aryl methyl sites for hydroxylation is 1. The van der Waals surface area contributed by atoms with Crippen molar-refractivity contribution in [1.82, 2.24) is 0 Å². The first-order valence-electron chi connectivity index (χ1n) is 2.80. The molecule has 1 aromatic rings. The van der Waals surface area contributed by atoms with Crippen molar-refractivity contribution in [3.8, 4) is 0 Å². The van der Waals surface area contributed by atoms with Crippen LogP contribution in [0.1, 0.15) is 15.2 Å². The van der Waals surface area contributed by atoms with E-state index in [1.807, 2.05) is 6.92 Å². The van der Waals surface area contributed by atoms with E-state index in [0.29, 0.717) is 5.56 Å². The van der Waals surface area contributed by atoms with E-state index in [1.54, 1.807) is 6.07 Å². The van der Waals surface area contributed by atoms with Gasteiger partial charge in [0.15, 0.2) is 0 Å². The SMILES string of the molecule is COC(=O)c1[c]sc(C)c1. The molecule has 0 saturated heterocycles. The maximum atomic E-state index is 10.8. The van der Waals surface area contributed by atoms with E-state index in [9.17, 15) is 4.79 Å². The molecule has 0 bridgehead atoms. The lowest BCUT2D eigenvalue weighted by atomic mass is 10.3. The maximum absolute atomic E-state index is 10.8. The van der Waals surface area contributed by atoms with Gasteiger partial charge in [-0.15, -0.1) is 11.3 Å². The summed E-state index contributed by atoms with van der Waals surface area (Å²) < 4.78 is 4.49. The van der Waals surface area contributed by atoms with Crippen LogP contribution in [-0.4, -0.2) is 13.1 Å². The van der Waals surface area contributed by atoms with Gasteiger partial charge >= 0.3 is 5.97 Å². The first-order chi connectivity index (χ1) is 4.74. The van der Waals surface area contributed by atoms with E-state index in [0.717, 1.165) is 4.88 Å². The van der Waals surface area contributed by atoms with Gasteiger partial charge in [-0.25, -0.2) is 4.79 Å². The summed E-state index contributed by atoms with van der Waals surface area (Å²) in [5, 5.41) is 2.82. The highest BCUT2D eigenvalue weighted by molar-refractivity contribution is 7.09. The number of thiophene rings is 1. The quantitative estimate of drug-likeness (QED) is 0.576. The van der Waals surface area contributed by atoms with Crippen LogP contribution in [0.3, 0.4) is 0 Å². The smallest absolute Gasteiger partial charge is 0.339 e. The average Bonchev–Trinajstić information content (AvgIpc) is 2.34. The Balaban J connectivity index is 2.85. The second-order valence-corrected chi connectivity index (χ2v) is 2.92. The molecule has 0 fully saturated rings. The van der Waals surface area contributed by atoms with Gasteiger partial charge in [0.1, 0.15) is 0 Å². The monoisotopic (exact) mass is 155 g/mol. The predicted octanol–water partition coefficient (Wildman–Crippen LogP) is 1.64. The molecule has 0 aliphatic heterocycles. The van der Waals surface area contributed by atoms with Gasteiger partial charge in [-0.05, 0) is 13.0 Å². The Hall–Kier alpha value is -0.830. The molecule has 53 valence electrons. The van der Waals surface area contributed by atoms with Crippen molar-refractivity contribution < 1.29 is 9.53 Å². The van der Waals surface area contributed by atoms with Gasteiger partial charge < -0.3 is 4.74 Å². The summed E-state index contributed by atoms with van der Waals surface area (Å²) in [6.45, 7) is 1.92. The van der Waals surface area contributed by atoms with Crippen LogP contribution in [-0.2, 0) is 4.74 Å². The molecule has 0 saturated carbocycles. The summed E-state index contributed by atoms with van der Waals surface area (Å²) in [5.74, 6) is -0.315. The van der Waals surface area contributed by atoms with Gasteiger partial charge in [-0.1, -0.05) is 0 Å². The van der Waals surface area contributed by atoms with Crippen LogP contribution in [0.25, 0.3) is 0 Å². The van der Waals surface area contributed by atoms with Crippen LogP contribution in [0.15, 0.2) is 6.07 Å². The molecule has 1 rings (SSSR count). The van der Waals surface area contributed by atoms with Crippen LogP contribution >= 0.6 is 11.3 Å². The van der Waals surface area contributed by atoms with Gasteiger partial charge in [0.25, 0.3) is 0 Å². The maximum Gasteiger partial charge on any atom is 0.339 e. The standard InChI is InChI=1S/C7H7O2S/c1-5-3-6(4-10-5)7(8)9-2/h3H,1-2H3. The number of ether oxygens (including phenoxy) is 1. The third kappa shape index (κ3) is 1.36. The van der Waals surface area contributed by atoms with Crippen molar-refractivity contribution in [2.24, 2.45) is 0 Å². The molecule has 0 aliphatic carbocycles. The average molecular weight is 155 g/mol. The van der Waals surface area contributed by atoms with Gasteiger partial charge in [-0.2, -0.15) is 0 Å². The lowest BCUT2D eigenvalue weighted by Gasteiger charge is -1.90. The molecule has 0 unspecified atom stereocenters. The molecule has 0 aromatic carbocycles. The number of carbonyl (C=O) groups is 1. The largest absolute Gasteiger partial charge is 0.465 e. The summed E-state index contributed by atoms with van der Waals surface area (Å²) in [5.41, 5.74) is 0.519. The third-order valence-corrected chi connectivity index (χ3v) is 1.84. The fourth-order valence-corrected chi connectivity index (χ4v) is 1.20. The van der Waals surface area contributed by atoms with E-state index in [-0.39, 0.29) is 5.97 Å². The Morgan fingerprint density at radius 2 is 2.50 bits per heavy atom. The molecule has 0 N–H and O–H groups in total. The molecular weight excluding hydrogens is 148 g/mol. The highest BCUT2D eigenvalue weighted by Gasteiger charge is 2.05. The fourth-order valence-electron chi connectivity index (χ4n) is 0.608. The Kier molecular flexibility index (Phi) is 2.06. The Morgan fingerprint density at radius 3 is 2.90 bits per heavy atom. The minimum atomic E-state index is -0.315. The van der Waals surface area contributed by atoms with Crippen LogP contribution in [0.2, 0.25) is 0 Å². The number of carbonyl (C=O) groups excluding carboxylic acids is 1. The highest BCUT2D eigenvalue weighted by Crippen LogP contribution is 2.12. The predicted molar refractivity (Wildman–Crippen MR) is 39.2 cm³/mol. The van der Waals surface area contributed by atoms with E-state index in [1.165, 1.54) is 18.4 Å². The Morgan fingerprint density at radius 1 is 1.80 bits per heavy atom. The van der Waals surface area contributed by atoms with Crippen molar-refractivity contribution in [3.05, 3.63) is 21.9 Å². The second kappa shape index (κ2) is 2.84. The van der Waals surface area contributed by atoms with Gasteiger partial charge in [0, 0.05) is 4.88 Å². The lowest BCUT2D eigenvalue weighted by molar-refractivity contribution is 0.0601. The molecule has 3 heteroatoms.